The van der Waals surface area contributed by atoms with E-state index in [0.29, 0.717) is 28.9 Å². The molecule has 4 heteroatoms. The number of aryl methyl sites for hydroxylation is 1. The van der Waals surface area contributed by atoms with Gasteiger partial charge in [-0.15, -0.1) is 0 Å². The smallest absolute Gasteiger partial charge is 0.153 e. The van der Waals surface area contributed by atoms with E-state index in [4.69, 9.17) is 11.6 Å². The molecule has 3 rings (SSSR count). The molecule has 0 N–H and O–H groups in total. The molecule has 0 unspecified atom stereocenters. The van der Waals surface area contributed by atoms with E-state index in [1.807, 2.05) is 35.8 Å². The maximum absolute atomic E-state index is 13.4. The Labute approximate surface area is 126 Å². The van der Waals surface area contributed by atoms with Crippen molar-refractivity contribution < 1.29 is 9.18 Å². The number of rotatable bonds is 3. The van der Waals surface area contributed by atoms with Crippen LogP contribution in [-0.4, -0.2) is 10.9 Å². The van der Waals surface area contributed by atoms with E-state index in [2.05, 4.69) is 0 Å². The SMILES string of the molecule is Cc1ccccc1Cn1c(Cl)c(C=O)c2cc(F)ccc21. The Morgan fingerprint density at radius 1 is 1.24 bits per heavy atom. The molecule has 0 atom stereocenters. The Bertz CT molecular complexity index is 838. The first-order chi connectivity index (χ1) is 10.1. The summed E-state index contributed by atoms with van der Waals surface area (Å²) in [5, 5.41) is 0.887. The first kappa shape index (κ1) is 13.8. The molecule has 0 spiro atoms. The Morgan fingerprint density at radius 3 is 2.71 bits per heavy atom. The largest absolute Gasteiger partial charge is 0.327 e. The number of hydrogen-bond acceptors (Lipinski definition) is 1. The Hall–Kier alpha value is -2.13. The van der Waals surface area contributed by atoms with Gasteiger partial charge >= 0.3 is 0 Å². The van der Waals surface area contributed by atoms with Gasteiger partial charge < -0.3 is 4.57 Å². The second-order valence-electron chi connectivity index (χ2n) is 5.00. The van der Waals surface area contributed by atoms with Gasteiger partial charge in [0.2, 0.25) is 0 Å². The molecular weight excluding hydrogens is 289 g/mol. The van der Waals surface area contributed by atoms with Gasteiger partial charge in [-0.2, -0.15) is 0 Å². The molecule has 1 aromatic heterocycles. The third-order valence-electron chi connectivity index (χ3n) is 3.71. The third-order valence-corrected chi connectivity index (χ3v) is 4.11. The standard InChI is InChI=1S/C17H13ClFNO/c1-11-4-2-3-5-12(11)9-20-16-7-6-13(19)8-14(16)15(10-21)17(20)18/h2-8,10H,9H2,1H3. The van der Waals surface area contributed by atoms with Crippen LogP contribution in [0.5, 0.6) is 0 Å². The fourth-order valence-corrected chi connectivity index (χ4v) is 2.84. The Kier molecular flexibility index (Phi) is 3.52. The molecule has 0 bridgehead atoms. The summed E-state index contributed by atoms with van der Waals surface area (Å²) in [6.07, 6.45) is 0.679. The Morgan fingerprint density at radius 2 is 2.00 bits per heavy atom. The molecule has 2 aromatic carbocycles. The maximum atomic E-state index is 13.4. The van der Waals surface area contributed by atoms with Crippen molar-refractivity contribution in [3.63, 3.8) is 0 Å². The van der Waals surface area contributed by atoms with Gasteiger partial charge in [0.25, 0.3) is 0 Å². The molecule has 0 aliphatic rings. The number of fused-ring (bicyclic) bond motifs is 1. The molecule has 0 saturated carbocycles. The molecule has 0 aliphatic carbocycles. The summed E-state index contributed by atoms with van der Waals surface area (Å²) >= 11 is 6.32. The summed E-state index contributed by atoms with van der Waals surface area (Å²) in [7, 11) is 0. The number of halogens is 2. The highest BCUT2D eigenvalue weighted by atomic mass is 35.5. The van der Waals surface area contributed by atoms with Crippen molar-refractivity contribution in [2.24, 2.45) is 0 Å². The minimum Gasteiger partial charge on any atom is -0.327 e. The van der Waals surface area contributed by atoms with Gasteiger partial charge in [0, 0.05) is 11.9 Å². The number of aromatic nitrogens is 1. The van der Waals surface area contributed by atoms with Crippen LogP contribution in [0.2, 0.25) is 5.15 Å². The van der Waals surface area contributed by atoms with Crippen LogP contribution in [0.1, 0.15) is 21.5 Å². The number of aldehydes is 1. The van der Waals surface area contributed by atoms with E-state index < -0.39 is 0 Å². The first-order valence-electron chi connectivity index (χ1n) is 6.58. The number of carbonyl (C=O) groups excluding carboxylic acids is 1. The second-order valence-corrected chi connectivity index (χ2v) is 5.35. The minimum absolute atomic E-state index is 0.333. The lowest BCUT2D eigenvalue weighted by Crippen LogP contribution is -2.01. The minimum atomic E-state index is -0.379. The quantitative estimate of drug-likeness (QED) is 0.648. The summed E-state index contributed by atoms with van der Waals surface area (Å²) in [4.78, 5) is 11.3. The number of carbonyl (C=O) groups is 1. The molecule has 21 heavy (non-hydrogen) atoms. The van der Waals surface area contributed by atoms with Gasteiger partial charge in [0.15, 0.2) is 6.29 Å². The van der Waals surface area contributed by atoms with Crippen molar-refractivity contribution in [3.05, 3.63) is 70.1 Å². The van der Waals surface area contributed by atoms with Gasteiger partial charge in [-0.25, -0.2) is 4.39 Å². The zero-order valence-corrected chi connectivity index (χ0v) is 12.2. The monoisotopic (exact) mass is 301 g/mol. The second kappa shape index (κ2) is 5.34. The fraction of sp³-hybridized carbons (Fsp3) is 0.118. The van der Waals surface area contributed by atoms with Crippen molar-refractivity contribution in [2.45, 2.75) is 13.5 Å². The van der Waals surface area contributed by atoms with Gasteiger partial charge in [0.1, 0.15) is 11.0 Å². The predicted octanol–water partition coefficient (Wildman–Crippen LogP) is 4.60. The van der Waals surface area contributed by atoms with Crippen molar-refractivity contribution in [3.8, 4) is 0 Å². The van der Waals surface area contributed by atoms with E-state index in [-0.39, 0.29) is 5.82 Å². The van der Waals surface area contributed by atoms with Crippen LogP contribution in [-0.2, 0) is 6.54 Å². The van der Waals surface area contributed by atoms with Crippen LogP contribution in [0.25, 0.3) is 10.9 Å². The van der Waals surface area contributed by atoms with Gasteiger partial charge in [0.05, 0.1) is 11.1 Å². The number of hydrogen-bond donors (Lipinski definition) is 0. The number of benzene rings is 2. The fourth-order valence-electron chi connectivity index (χ4n) is 2.55. The molecule has 0 saturated heterocycles. The van der Waals surface area contributed by atoms with Crippen LogP contribution >= 0.6 is 11.6 Å². The lowest BCUT2D eigenvalue weighted by molar-refractivity contribution is 0.112. The normalized spacial score (nSPS) is 11.0. The summed E-state index contributed by atoms with van der Waals surface area (Å²) in [5.41, 5.74) is 3.34. The van der Waals surface area contributed by atoms with E-state index in [9.17, 15) is 9.18 Å². The molecule has 0 radical (unpaired) electrons. The van der Waals surface area contributed by atoms with Crippen LogP contribution in [0, 0.1) is 12.7 Å². The summed E-state index contributed by atoms with van der Waals surface area (Å²) in [6, 6.07) is 12.3. The Balaban J connectivity index is 2.21. The average molecular weight is 302 g/mol. The van der Waals surface area contributed by atoms with Gasteiger partial charge in [-0.05, 0) is 36.2 Å². The van der Waals surface area contributed by atoms with E-state index >= 15 is 0 Å². The molecular formula is C17H13ClFNO. The summed E-state index contributed by atoms with van der Waals surface area (Å²) < 4.78 is 15.3. The summed E-state index contributed by atoms with van der Waals surface area (Å²) in [6.45, 7) is 2.57. The average Bonchev–Trinajstić information content (AvgIpc) is 2.73. The van der Waals surface area contributed by atoms with Gasteiger partial charge in [-0.1, -0.05) is 35.9 Å². The third kappa shape index (κ3) is 2.34. The zero-order chi connectivity index (χ0) is 15.0. The van der Waals surface area contributed by atoms with Crippen LogP contribution in [0.15, 0.2) is 42.5 Å². The molecule has 0 aliphatic heterocycles. The molecule has 0 fully saturated rings. The van der Waals surface area contributed by atoms with Gasteiger partial charge in [-0.3, -0.25) is 4.79 Å². The number of nitrogens with zero attached hydrogens (tertiary/aromatic N) is 1. The van der Waals surface area contributed by atoms with Crippen LogP contribution < -0.4 is 0 Å². The predicted molar refractivity (Wildman–Crippen MR) is 82.6 cm³/mol. The highest BCUT2D eigenvalue weighted by Gasteiger charge is 2.16. The molecule has 106 valence electrons. The van der Waals surface area contributed by atoms with E-state index in [0.717, 1.165) is 16.6 Å². The van der Waals surface area contributed by atoms with Crippen LogP contribution in [0.3, 0.4) is 0 Å². The van der Waals surface area contributed by atoms with Crippen LogP contribution in [0.4, 0.5) is 4.39 Å². The molecule has 0 amide bonds. The lowest BCUT2D eigenvalue weighted by Gasteiger charge is -2.10. The zero-order valence-electron chi connectivity index (χ0n) is 11.4. The molecule has 1 heterocycles. The molecule has 3 aromatic rings. The van der Waals surface area contributed by atoms with Crippen molar-refractivity contribution >= 4 is 28.8 Å². The van der Waals surface area contributed by atoms with E-state index in [1.165, 1.54) is 12.1 Å². The van der Waals surface area contributed by atoms with E-state index in [1.54, 1.807) is 6.07 Å². The molecule has 2 nitrogen and oxygen atoms in total. The highest BCUT2D eigenvalue weighted by Crippen LogP contribution is 2.30. The van der Waals surface area contributed by atoms with Crippen molar-refractivity contribution in [1.29, 1.82) is 0 Å². The summed E-state index contributed by atoms with van der Waals surface area (Å²) in [5.74, 6) is -0.379. The topological polar surface area (TPSA) is 22.0 Å². The van der Waals surface area contributed by atoms with Crippen molar-refractivity contribution in [1.82, 2.24) is 4.57 Å². The maximum Gasteiger partial charge on any atom is 0.153 e. The lowest BCUT2D eigenvalue weighted by atomic mass is 10.1. The first-order valence-corrected chi connectivity index (χ1v) is 6.96. The highest BCUT2D eigenvalue weighted by molar-refractivity contribution is 6.34. The van der Waals surface area contributed by atoms with Crippen molar-refractivity contribution in [2.75, 3.05) is 0 Å².